The lowest BCUT2D eigenvalue weighted by Crippen LogP contribution is -2.27. The molecule has 19 heavy (non-hydrogen) atoms. The van der Waals surface area contributed by atoms with E-state index >= 15 is 0 Å². The Morgan fingerprint density at radius 2 is 1.79 bits per heavy atom. The lowest BCUT2D eigenvalue weighted by Gasteiger charge is -2.13. The summed E-state index contributed by atoms with van der Waals surface area (Å²) in [6.07, 6.45) is 5.26. The lowest BCUT2D eigenvalue weighted by atomic mass is 10.1. The quantitative estimate of drug-likeness (QED) is 0.733. The fourth-order valence-electron chi connectivity index (χ4n) is 2.83. The standard InChI is InChI=1S/C16H18N2O/c1-12-17-15-11-7-3-6-10-14(15)16(19)18(12)13-8-4-2-5-9-13/h2,4-5,8-9H,3,6-7,10-11H2,1H3. The Morgan fingerprint density at radius 3 is 2.58 bits per heavy atom. The number of rotatable bonds is 1. The highest BCUT2D eigenvalue weighted by molar-refractivity contribution is 5.35. The molecule has 0 amide bonds. The molecule has 0 saturated heterocycles. The highest BCUT2D eigenvalue weighted by Crippen LogP contribution is 2.17. The zero-order valence-electron chi connectivity index (χ0n) is 11.2. The van der Waals surface area contributed by atoms with Crippen LogP contribution in [-0.2, 0) is 12.8 Å². The van der Waals surface area contributed by atoms with Crippen molar-refractivity contribution >= 4 is 0 Å². The molecule has 3 rings (SSSR count). The molecule has 3 heteroatoms. The van der Waals surface area contributed by atoms with Crippen molar-refractivity contribution in [1.29, 1.82) is 0 Å². The van der Waals surface area contributed by atoms with Crippen LogP contribution >= 0.6 is 0 Å². The van der Waals surface area contributed by atoms with Gasteiger partial charge in [-0.05, 0) is 44.7 Å². The number of benzene rings is 1. The zero-order valence-corrected chi connectivity index (χ0v) is 11.2. The maximum absolute atomic E-state index is 12.7. The Bertz CT molecular complexity index is 644. The van der Waals surface area contributed by atoms with Crippen LogP contribution in [0.15, 0.2) is 35.1 Å². The Hall–Kier alpha value is -1.90. The Kier molecular flexibility index (Phi) is 3.20. The van der Waals surface area contributed by atoms with E-state index in [9.17, 15) is 4.79 Å². The minimum atomic E-state index is 0.121. The van der Waals surface area contributed by atoms with E-state index in [1.54, 1.807) is 4.57 Å². The third-order valence-corrected chi connectivity index (χ3v) is 3.78. The van der Waals surface area contributed by atoms with Gasteiger partial charge >= 0.3 is 0 Å². The fourth-order valence-corrected chi connectivity index (χ4v) is 2.83. The van der Waals surface area contributed by atoms with Crippen molar-refractivity contribution in [3.05, 3.63) is 57.8 Å². The van der Waals surface area contributed by atoms with E-state index in [0.717, 1.165) is 48.5 Å². The van der Waals surface area contributed by atoms with E-state index in [0.29, 0.717) is 0 Å². The fraction of sp³-hybridized carbons (Fsp3) is 0.375. The molecule has 1 heterocycles. The Morgan fingerprint density at radius 1 is 1.05 bits per heavy atom. The second-order valence-electron chi connectivity index (χ2n) is 5.12. The lowest BCUT2D eigenvalue weighted by molar-refractivity contribution is 0.708. The van der Waals surface area contributed by atoms with Crippen molar-refractivity contribution in [3.8, 4) is 5.69 Å². The molecule has 0 atom stereocenters. The van der Waals surface area contributed by atoms with Crippen molar-refractivity contribution < 1.29 is 0 Å². The predicted octanol–water partition coefficient (Wildman–Crippen LogP) is 2.81. The van der Waals surface area contributed by atoms with Gasteiger partial charge in [0.15, 0.2) is 0 Å². The molecular formula is C16H18N2O. The molecule has 0 N–H and O–H groups in total. The van der Waals surface area contributed by atoms with E-state index in [1.807, 2.05) is 37.3 Å². The van der Waals surface area contributed by atoms with Crippen LogP contribution in [-0.4, -0.2) is 9.55 Å². The SMILES string of the molecule is Cc1nc2c(c(=O)n1-c1ccccc1)CCCCC2. The summed E-state index contributed by atoms with van der Waals surface area (Å²) in [5.41, 5.74) is 2.97. The maximum atomic E-state index is 12.7. The molecule has 2 aromatic rings. The van der Waals surface area contributed by atoms with E-state index < -0.39 is 0 Å². The first-order chi connectivity index (χ1) is 9.27. The average molecular weight is 254 g/mol. The first-order valence-electron chi connectivity index (χ1n) is 6.94. The summed E-state index contributed by atoms with van der Waals surface area (Å²) < 4.78 is 1.74. The molecule has 0 unspecified atom stereocenters. The topological polar surface area (TPSA) is 34.9 Å². The van der Waals surface area contributed by atoms with Crippen LogP contribution in [0.5, 0.6) is 0 Å². The molecule has 0 fully saturated rings. The number of hydrogen-bond acceptors (Lipinski definition) is 2. The number of para-hydroxylation sites is 1. The molecule has 0 saturated carbocycles. The number of fused-ring (bicyclic) bond motifs is 1. The summed E-state index contributed by atoms with van der Waals surface area (Å²) in [5.74, 6) is 0.789. The summed E-state index contributed by atoms with van der Waals surface area (Å²) in [5, 5.41) is 0. The number of aromatic nitrogens is 2. The predicted molar refractivity (Wildman–Crippen MR) is 75.8 cm³/mol. The molecule has 0 bridgehead atoms. The number of hydrogen-bond donors (Lipinski definition) is 0. The number of aryl methyl sites for hydroxylation is 2. The second kappa shape index (κ2) is 5.00. The van der Waals surface area contributed by atoms with Crippen molar-refractivity contribution in [2.24, 2.45) is 0 Å². The van der Waals surface area contributed by atoms with E-state index in [2.05, 4.69) is 4.98 Å². The van der Waals surface area contributed by atoms with Crippen molar-refractivity contribution in [2.45, 2.75) is 39.0 Å². The molecule has 1 aromatic carbocycles. The van der Waals surface area contributed by atoms with Gasteiger partial charge in [-0.1, -0.05) is 24.6 Å². The van der Waals surface area contributed by atoms with Gasteiger partial charge < -0.3 is 0 Å². The van der Waals surface area contributed by atoms with Crippen LogP contribution in [0.2, 0.25) is 0 Å². The minimum Gasteiger partial charge on any atom is -0.269 e. The van der Waals surface area contributed by atoms with Crippen LogP contribution in [0.25, 0.3) is 5.69 Å². The van der Waals surface area contributed by atoms with Gasteiger partial charge in [-0.2, -0.15) is 0 Å². The van der Waals surface area contributed by atoms with Gasteiger partial charge in [0, 0.05) is 5.56 Å². The summed E-state index contributed by atoms with van der Waals surface area (Å²) in [6.45, 7) is 1.92. The molecule has 1 aliphatic rings. The maximum Gasteiger partial charge on any atom is 0.261 e. The average Bonchev–Trinajstić information content (AvgIpc) is 2.65. The monoisotopic (exact) mass is 254 g/mol. The van der Waals surface area contributed by atoms with Crippen LogP contribution < -0.4 is 5.56 Å². The third-order valence-electron chi connectivity index (χ3n) is 3.78. The van der Waals surface area contributed by atoms with Gasteiger partial charge in [-0.3, -0.25) is 9.36 Å². The molecular weight excluding hydrogens is 236 g/mol. The van der Waals surface area contributed by atoms with Gasteiger partial charge in [0.1, 0.15) is 5.82 Å². The summed E-state index contributed by atoms with van der Waals surface area (Å²) in [7, 11) is 0. The van der Waals surface area contributed by atoms with Gasteiger partial charge in [-0.15, -0.1) is 0 Å². The summed E-state index contributed by atoms with van der Waals surface area (Å²) in [6, 6.07) is 9.78. The van der Waals surface area contributed by atoms with Gasteiger partial charge in [-0.25, -0.2) is 4.98 Å². The smallest absolute Gasteiger partial charge is 0.261 e. The van der Waals surface area contributed by atoms with Crippen LogP contribution in [0, 0.1) is 6.92 Å². The van der Waals surface area contributed by atoms with Crippen LogP contribution in [0.3, 0.4) is 0 Å². The third kappa shape index (κ3) is 2.21. The van der Waals surface area contributed by atoms with Crippen molar-refractivity contribution in [1.82, 2.24) is 9.55 Å². The van der Waals surface area contributed by atoms with Gasteiger partial charge in [0.05, 0.1) is 11.4 Å². The van der Waals surface area contributed by atoms with Gasteiger partial charge in [0.25, 0.3) is 5.56 Å². The first kappa shape index (κ1) is 12.2. The van der Waals surface area contributed by atoms with E-state index in [4.69, 9.17) is 0 Å². The summed E-state index contributed by atoms with van der Waals surface area (Å²) >= 11 is 0. The first-order valence-corrected chi connectivity index (χ1v) is 6.94. The second-order valence-corrected chi connectivity index (χ2v) is 5.12. The highest BCUT2D eigenvalue weighted by Gasteiger charge is 2.17. The van der Waals surface area contributed by atoms with Gasteiger partial charge in [0.2, 0.25) is 0 Å². The van der Waals surface area contributed by atoms with Crippen molar-refractivity contribution in [3.63, 3.8) is 0 Å². The van der Waals surface area contributed by atoms with E-state index in [1.165, 1.54) is 6.42 Å². The minimum absolute atomic E-state index is 0.121. The largest absolute Gasteiger partial charge is 0.269 e. The van der Waals surface area contributed by atoms with Crippen molar-refractivity contribution in [2.75, 3.05) is 0 Å². The number of nitrogens with zero attached hydrogens (tertiary/aromatic N) is 2. The Labute approximate surface area is 112 Å². The van der Waals surface area contributed by atoms with Crippen LogP contribution in [0.1, 0.15) is 36.3 Å². The molecule has 1 aliphatic carbocycles. The van der Waals surface area contributed by atoms with Crippen LogP contribution in [0.4, 0.5) is 0 Å². The highest BCUT2D eigenvalue weighted by atomic mass is 16.1. The molecule has 3 nitrogen and oxygen atoms in total. The molecule has 0 radical (unpaired) electrons. The Balaban J connectivity index is 2.22. The molecule has 0 aliphatic heterocycles. The zero-order chi connectivity index (χ0) is 13.2. The summed E-state index contributed by atoms with van der Waals surface area (Å²) in [4.78, 5) is 17.4. The normalized spacial score (nSPS) is 14.8. The molecule has 0 spiro atoms. The molecule has 98 valence electrons. The molecule has 1 aromatic heterocycles. The van der Waals surface area contributed by atoms with E-state index in [-0.39, 0.29) is 5.56 Å².